The minimum absolute atomic E-state index is 0.0152. The molecular formula is C60H59BN2S2. The van der Waals surface area contributed by atoms with Gasteiger partial charge in [0.05, 0.1) is 11.4 Å². The molecule has 5 heteroatoms. The zero-order valence-corrected chi connectivity index (χ0v) is 41.5. The van der Waals surface area contributed by atoms with Gasteiger partial charge in [0.15, 0.2) is 0 Å². The van der Waals surface area contributed by atoms with Gasteiger partial charge in [-0.25, -0.2) is 0 Å². The monoisotopic (exact) mass is 882 g/mol. The molecule has 0 aliphatic carbocycles. The van der Waals surface area contributed by atoms with E-state index < -0.39 is 0 Å². The summed E-state index contributed by atoms with van der Waals surface area (Å²) < 4.78 is 5.42. The lowest BCUT2D eigenvalue weighted by atomic mass is 9.36. The zero-order valence-electron chi connectivity index (χ0n) is 39.9. The van der Waals surface area contributed by atoms with Gasteiger partial charge in [-0.3, -0.25) is 0 Å². The molecule has 2 aliphatic rings. The molecule has 2 aliphatic heterocycles. The van der Waals surface area contributed by atoms with Crippen molar-refractivity contribution >= 4 is 109 Å². The van der Waals surface area contributed by atoms with Crippen molar-refractivity contribution in [2.24, 2.45) is 0 Å². The van der Waals surface area contributed by atoms with E-state index in [-0.39, 0.29) is 23.0 Å². The van der Waals surface area contributed by atoms with E-state index in [9.17, 15) is 0 Å². The highest BCUT2D eigenvalue weighted by atomic mass is 32.1. The van der Waals surface area contributed by atoms with E-state index in [1.165, 1.54) is 113 Å². The Morgan fingerprint density at radius 3 is 1.88 bits per heavy atom. The van der Waals surface area contributed by atoms with Crippen LogP contribution >= 0.6 is 22.7 Å². The van der Waals surface area contributed by atoms with Crippen molar-refractivity contribution in [3.8, 4) is 11.1 Å². The molecule has 0 saturated carbocycles. The van der Waals surface area contributed by atoms with E-state index in [2.05, 4.69) is 225 Å². The summed E-state index contributed by atoms with van der Waals surface area (Å²) in [6.45, 7) is 25.8. The first kappa shape index (κ1) is 42.0. The second-order valence-corrected chi connectivity index (χ2v) is 23.8. The van der Waals surface area contributed by atoms with Crippen LogP contribution in [-0.2, 0) is 16.2 Å². The van der Waals surface area contributed by atoms with Crippen LogP contribution in [0.3, 0.4) is 0 Å². The molecular weight excluding hydrogens is 824 g/mol. The molecule has 0 N–H and O–H groups in total. The van der Waals surface area contributed by atoms with Crippen LogP contribution in [0.1, 0.15) is 111 Å². The van der Waals surface area contributed by atoms with Crippen LogP contribution in [0.4, 0.5) is 34.1 Å². The molecule has 0 fully saturated rings. The first-order chi connectivity index (χ1) is 31.0. The van der Waals surface area contributed by atoms with Gasteiger partial charge in [0.1, 0.15) is 0 Å². The fourth-order valence-corrected chi connectivity index (χ4v) is 12.8. The number of hydrogen-bond donors (Lipinski definition) is 0. The predicted molar refractivity (Wildman–Crippen MR) is 289 cm³/mol. The molecule has 9 aromatic rings. The summed E-state index contributed by atoms with van der Waals surface area (Å²) in [5.41, 5.74) is 18.2. The Balaban J connectivity index is 1.23. The molecule has 324 valence electrons. The first-order valence-electron chi connectivity index (χ1n) is 23.6. The maximum Gasteiger partial charge on any atom is 0.264 e. The van der Waals surface area contributed by atoms with Crippen LogP contribution in [0, 0.1) is 0 Å². The van der Waals surface area contributed by atoms with E-state index in [4.69, 9.17) is 0 Å². The number of fused-ring (bicyclic) bond motifs is 9. The molecule has 2 nitrogen and oxygen atoms in total. The van der Waals surface area contributed by atoms with Crippen LogP contribution in [0.15, 0.2) is 140 Å². The van der Waals surface area contributed by atoms with Crippen LogP contribution < -0.4 is 25.5 Å². The number of anilines is 6. The fraction of sp³-hybridized carbons (Fsp3) is 0.267. The molecule has 7 aromatic carbocycles. The summed E-state index contributed by atoms with van der Waals surface area (Å²) in [6, 6.07) is 54.5. The van der Waals surface area contributed by atoms with Gasteiger partial charge >= 0.3 is 0 Å². The molecule has 0 saturated heterocycles. The third kappa shape index (κ3) is 6.71. The normalized spacial score (nSPS) is 13.9. The molecule has 4 heterocycles. The molecule has 0 bridgehead atoms. The second kappa shape index (κ2) is 15.0. The average Bonchev–Trinajstić information content (AvgIpc) is 3.86. The van der Waals surface area contributed by atoms with Crippen LogP contribution in [-0.4, -0.2) is 6.71 Å². The van der Waals surface area contributed by atoms with E-state index >= 15 is 0 Å². The summed E-state index contributed by atoms with van der Waals surface area (Å²) in [5.74, 6) is 0.454. The minimum atomic E-state index is -0.0278. The Labute approximate surface area is 394 Å². The highest BCUT2D eigenvalue weighted by Crippen LogP contribution is 2.51. The lowest BCUT2D eigenvalue weighted by molar-refractivity contribution is 0.506. The summed E-state index contributed by atoms with van der Waals surface area (Å²) >= 11 is 3.88. The van der Waals surface area contributed by atoms with Crippen molar-refractivity contribution in [3.05, 3.63) is 162 Å². The lowest BCUT2D eigenvalue weighted by Gasteiger charge is -2.44. The number of thiophene rings is 2. The number of rotatable bonds is 6. The standard InChI is InChI=1S/C60H59BN2S2/c1-12-60(10,11)41-24-29-49-47(35-41)61-55-50(62(42-26-20-37(21-27-42)36(2)3)56-46-34-40(59(7,8)9)25-31-54(46)65-57(56)61)17-15-18-51(55)63(49)48-28-23-39(58(4,5)6)33-44(48)38-22-30-53-45(32-38)43-16-13-14-19-52(43)64-53/h13-36H,12H2,1-11H3. The Morgan fingerprint density at radius 2 is 1.15 bits per heavy atom. The van der Waals surface area contributed by atoms with Crippen molar-refractivity contribution < 1.29 is 0 Å². The third-order valence-electron chi connectivity index (χ3n) is 14.7. The topological polar surface area (TPSA) is 6.48 Å². The second-order valence-electron chi connectivity index (χ2n) is 21.6. The van der Waals surface area contributed by atoms with Crippen molar-refractivity contribution in [2.45, 2.75) is 105 Å². The summed E-state index contributed by atoms with van der Waals surface area (Å²) in [4.78, 5) is 5.24. The number of benzene rings is 7. The lowest BCUT2D eigenvalue weighted by Crippen LogP contribution is -2.60. The maximum atomic E-state index is 2.63. The van der Waals surface area contributed by atoms with E-state index in [1.807, 2.05) is 22.7 Å². The first-order valence-corrected chi connectivity index (χ1v) is 25.3. The summed E-state index contributed by atoms with van der Waals surface area (Å²) in [6.07, 6.45) is 1.06. The SMILES string of the molecule is CCC(C)(C)c1ccc2c(c1)B1c3sc4ccc(C(C)(C)C)cc4c3N(c3ccc(C(C)C)cc3)c3cccc(c31)N2c1ccc(C(C)(C)C)cc1-c1ccc2sc3ccccc3c2c1. The van der Waals surface area contributed by atoms with Gasteiger partial charge < -0.3 is 9.80 Å². The average molecular weight is 883 g/mol. The van der Waals surface area contributed by atoms with E-state index in [0.717, 1.165) is 6.42 Å². The highest BCUT2D eigenvalue weighted by Gasteiger charge is 2.46. The van der Waals surface area contributed by atoms with Gasteiger partial charge in [-0.15, -0.1) is 22.7 Å². The summed E-state index contributed by atoms with van der Waals surface area (Å²) in [5, 5.41) is 3.99. The van der Waals surface area contributed by atoms with Crippen molar-refractivity contribution in [2.75, 3.05) is 9.80 Å². The third-order valence-corrected chi connectivity index (χ3v) is 17.1. The van der Waals surface area contributed by atoms with Crippen LogP contribution in [0.25, 0.3) is 41.4 Å². The van der Waals surface area contributed by atoms with Crippen LogP contribution in [0.2, 0.25) is 0 Å². The van der Waals surface area contributed by atoms with Crippen molar-refractivity contribution in [1.82, 2.24) is 0 Å². The largest absolute Gasteiger partial charge is 0.311 e. The number of hydrogen-bond acceptors (Lipinski definition) is 4. The molecule has 0 radical (unpaired) electrons. The van der Waals surface area contributed by atoms with E-state index in [1.54, 1.807) is 0 Å². The molecule has 11 rings (SSSR count). The molecule has 0 unspecified atom stereocenters. The van der Waals surface area contributed by atoms with Gasteiger partial charge in [-0.2, -0.15) is 0 Å². The van der Waals surface area contributed by atoms with E-state index in [0.29, 0.717) is 5.92 Å². The number of nitrogens with zero attached hydrogens (tertiary/aromatic N) is 2. The van der Waals surface area contributed by atoms with Crippen molar-refractivity contribution in [1.29, 1.82) is 0 Å². The smallest absolute Gasteiger partial charge is 0.264 e. The minimum Gasteiger partial charge on any atom is -0.311 e. The molecule has 0 spiro atoms. The van der Waals surface area contributed by atoms with Gasteiger partial charge in [0.25, 0.3) is 6.71 Å². The highest BCUT2D eigenvalue weighted by molar-refractivity contribution is 7.33. The van der Waals surface area contributed by atoms with Crippen LogP contribution in [0.5, 0.6) is 0 Å². The zero-order chi connectivity index (χ0) is 45.3. The Bertz CT molecular complexity index is 3350. The quantitative estimate of drug-likeness (QED) is 0.154. The van der Waals surface area contributed by atoms with Crippen molar-refractivity contribution in [3.63, 3.8) is 0 Å². The molecule has 0 amide bonds. The Kier molecular flexibility index (Phi) is 9.67. The van der Waals surface area contributed by atoms with Gasteiger partial charge in [-0.05, 0) is 140 Å². The molecule has 65 heavy (non-hydrogen) atoms. The van der Waals surface area contributed by atoms with Gasteiger partial charge in [0, 0.05) is 63.3 Å². The molecule has 2 aromatic heterocycles. The van der Waals surface area contributed by atoms with Gasteiger partial charge in [0.2, 0.25) is 0 Å². The Morgan fingerprint density at radius 1 is 0.523 bits per heavy atom. The fourth-order valence-electron chi connectivity index (χ4n) is 10.4. The van der Waals surface area contributed by atoms with Gasteiger partial charge in [-0.1, -0.05) is 143 Å². The summed E-state index contributed by atoms with van der Waals surface area (Å²) in [7, 11) is 0. The maximum absolute atomic E-state index is 2.63. The molecule has 0 atom stereocenters. The Hall–Kier alpha value is -5.62. The predicted octanol–water partition coefficient (Wildman–Crippen LogP) is 16.4.